The Labute approximate surface area is 139 Å². The summed E-state index contributed by atoms with van der Waals surface area (Å²) in [5.74, 6) is 5.55. The van der Waals surface area contributed by atoms with E-state index in [4.69, 9.17) is 23.2 Å². The molecule has 0 aliphatic heterocycles. The lowest BCUT2D eigenvalue weighted by Gasteiger charge is -2.04. The van der Waals surface area contributed by atoms with E-state index < -0.39 is 0 Å². The number of hydrogen-bond acceptors (Lipinski definition) is 2. The minimum atomic E-state index is 0.332. The van der Waals surface area contributed by atoms with Crippen LogP contribution in [0.2, 0.25) is 5.02 Å². The molecule has 0 spiro atoms. The van der Waals surface area contributed by atoms with Crippen molar-refractivity contribution in [3.8, 4) is 0 Å². The smallest absolute Gasteiger partial charge is 0.150 e. The molecule has 0 saturated carbocycles. The van der Waals surface area contributed by atoms with Crippen molar-refractivity contribution in [2.75, 3.05) is 0 Å². The summed E-state index contributed by atoms with van der Waals surface area (Å²) < 4.78 is 0. The summed E-state index contributed by atoms with van der Waals surface area (Å²) in [6, 6.07) is 19.9. The summed E-state index contributed by atoms with van der Waals surface area (Å²) in [6.07, 6.45) is 4.14. The molecule has 3 nitrogen and oxygen atoms in total. The van der Waals surface area contributed by atoms with Crippen molar-refractivity contribution in [2.24, 2.45) is 16.7 Å². The first kappa shape index (κ1) is 15.1. The van der Waals surface area contributed by atoms with Gasteiger partial charge in [-0.15, -0.1) is 0 Å². The Bertz CT molecular complexity index is 896. The molecule has 0 saturated heterocycles. The zero-order chi connectivity index (χ0) is 16.2. The van der Waals surface area contributed by atoms with E-state index in [1.165, 1.54) is 0 Å². The molecule has 3 aromatic carbocycles. The first-order chi connectivity index (χ1) is 11.2. The lowest BCUT2D eigenvalue weighted by atomic mass is 10.0. The van der Waals surface area contributed by atoms with E-state index in [9.17, 15) is 0 Å². The van der Waals surface area contributed by atoms with Crippen molar-refractivity contribution in [3.05, 3.63) is 82.4 Å². The van der Waals surface area contributed by atoms with Crippen molar-refractivity contribution in [1.29, 1.82) is 0 Å². The van der Waals surface area contributed by atoms with Gasteiger partial charge in [0.25, 0.3) is 0 Å². The number of hydrogen-bond donors (Lipinski definition) is 2. The van der Waals surface area contributed by atoms with E-state index in [-0.39, 0.29) is 0 Å². The maximum absolute atomic E-state index is 5.89. The molecule has 4 N–H and O–H groups in total. The molecule has 0 heterocycles. The van der Waals surface area contributed by atoms with Crippen LogP contribution < -0.4 is 11.6 Å². The van der Waals surface area contributed by atoms with Gasteiger partial charge in [-0.1, -0.05) is 60.2 Å². The monoisotopic (exact) mass is 321 g/mol. The molecule has 0 aliphatic rings. The highest BCUT2D eigenvalue weighted by atomic mass is 35.5. The Morgan fingerprint density at radius 3 is 2.17 bits per heavy atom. The summed E-state index contributed by atoms with van der Waals surface area (Å²) >= 11 is 5.89. The molecule has 0 aliphatic carbocycles. The molecule has 23 heavy (non-hydrogen) atoms. The minimum Gasteiger partial charge on any atom is -0.382 e. The van der Waals surface area contributed by atoms with E-state index in [0.29, 0.717) is 5.84 Å². The predicted molar refractivity (Wildman–Crippen MR) is 99.2 cm³/mol. The second-order valence-electron chi connectivity index (χ2n) is 5.22. The molecule has 0 atom stereocenters. The van der Waals surface area contributed by atoms with E-state index in [0.717, 1.165) is 32.5 Å². The third-order valence-corrected chi connectivity index (χ3v) is 3.89. The van der Waals surface area contributed by atoms with Gasteiger partial charge in [-0.3, -0.25) is 0 Å². The van der Waals surface area contributed by atoms with Crippen molar-refractivity contribution in [2.45, 2.75) is 0 Å². The van der Waals surface area contributed by atoms with Gasteiger partial charge in [0.05, 0.1) is 0 Å². The third-order valence-electron chi connectivity index (χ3n) is 3.64. The summed E-state index contributed by atoms with van der Waals surface area (Å²) in [5, 5.41) is 6.50. The van der Waals surface area contributed by atoms with Crippen LogP contribution >= 0.6 is 11.6 Å². The molecule has 0 unspecified atom stereocenters. The Balaban J connectivity index is 1.89. The summed E-state index contributed by atoms with van der Waals surface area (Å²) in [7, 11) is 0. The molecule has 0 amide bonds. The van der Waals surface area contributed by atoms with Crippen LogP contribution in [-0.4, -0.2) is 5.84 Å². The standard InChI is InChI=1S/C19H16ClN3/c20-18-9-4-13(5-10-18)1-2-14-3-6-16-12-17(19(21)23-22)8-7-15(16)11-14/h1-12H,22H2,(H2,21,23)/b2-1+. The highest BCUT2D eigenvalue weighted by Crippen LogP contribution is 2.20. The first-order valence-corrected chi connectivity index (χ1v) is 7.55. The van der Waals surface area contributed by atoms with Crippen molar-refractivity contribution >= 4 is 40.4 Å². The number of rotatable bonds is 3. The predicted octanol–water partition coefficient (Wildman–Crippen LogP) is 4.24. The van der Waals surface area contributed by atoms with Crippen molar-refractivity contribution in [3.63, 3.8) is 0 Å². The topological polar surface area (TPSA) is 64.4 Å². The summed E-state index contributed by atoms with van der Waals surface area (Å²) in [4.78, 5) is 0. The number of fused-ring (bicyclic) bond motifs is 1. The van der Waals surface area contributed by atoms with Crippen LogP contribution in [0.3, 0.4) is 0 Å². The average molecular weight is 322 g/mol. The van der Waals surface area contributed by atoms with Crippen LogP contribution in [0.5, 0.6) is 0 Å². The second kappa shape index (κ2) is 6.55. The van der Waals surface area contributed by atoms with E-state index in [1.807, 2.05) is 42.5 Å². The SMILES string of the molecule is N/N=C(/N)c1ccc2cc(/C=C/c3ccc(Cl)cc3)ccc2c1. The van der Waals surface area contributed by atoms with Gasteiger partial charge in [-0.25, -0.2) is 0 Å². The van der Waals surface area contributed by atoms with Gasteiger partial charge in [0.2, 0.25) is 0 Å². The number of nitrogens with two attached hydrogens (primary N) is 2. The maximum Gasteiger partial charge on any atom is 0.150 e. The number of halogens is 1. The molecule has 114 valence electrons. The second-order valence-corrected chi connectivity index (χ2v) is 5.66. The molecule has 0 radical (unpaired) electrons. The molecule has 0 aromatic heterocycles. The Kier molecular flexibility index (Phi) is 4.31. The lowest BCUT2D eigenvalue weighted by Crippen LogP contribution is -2.15. The fourth-order valence-corrected chi connectivity index (χ4v) is 2.49. The Morgan fingerprint density at radius 1 is 0.826 bits per heavy atom. The van der Waals surface area contributed by atoms with Gasteiger partial charge in [-0.05, 0) is 46.2 Å². The van der Waals surface area contributed by atoms with Gasteiger partial charge in [0, 0.05) is 10.6 Å². The quantitative estimate of drug-likeness (QED) is 0.249. The van der Waals surface area contributed by atoms with Gasteiger partial charge in [0.15, 0.2) is 0 Å². The summed E-state index contributed by atoms with van der Waals surface area (Å²) in [6.45, 7) is 0. The van der Waals surface area contributed by atoms with Gasteiger partial charge in [-0.2, -0.15) is 5.10 Å². The number of amidine groups is 1. The summed E-state index contributed by atoms with van der Waals surface area (Å²) in [5.41, 5.74) is 8.80. The van der Waals surface area contributed by atoms with E-state index in [2.05, 4.69) is 35.5 Å². The minimum absolute atomic E-state index is 0.332. The van der Waals surface area contributed by atoms with Crippen molar-refractivity contribution in [1.82, 2.24) is 0 Å². The normalized spacial score (nSPS) is 12.1. The van der Waals surface area contributed by atoms with Crippen LogP contribution in [0, 0.1) is 0 Å². The molecule has 0 bridgehead atoms. The highest BCUT2D eigenvalue weighted by molar-refractivity contribution is 6.30. The fourth-order valence-electron chi connectivity index (χ4n) is 2.37. The van der Waals surface area contributed by atoms with Gasteiger partial charge < -0.3 is 11.6 Å². The maximum atomic E-state index is 5.89. The van der Waals surface area contributed by atoms with Gasteiger partial charge in [0.1, 0.15) is 5.84 Å². The molecule has 3 aromatic rings. The van der Waals surface area contributed by atoms with Crippen LogP contribution in [-0.2, 0) is 0 Å². The number of hydrazone groups is 1. The van der Waals surface area contributed by atoms with Crippen LogP contribution in [0.15, 0.2) is 65.8 Å². The van der Waals surface area contributed by atoms with Crippen LogP contribution in [0.25, 0.3) is 22.9 Å². The van der Waals surface area contributed by atoms with E-state index >= 15 is 0 Å². The van der Waals surface area contributed by atoms with Gasteiger partial charge >= 0.3 is 0 Å². The third kappa shape index (κ3) is 3.52. The highest BCUT2D eigenvalue weighted by Gasteiger charge is 2.01. The largest absolute Gasteiger partial charge is 0.382 e. The number of nitrogens with zero attached hydrogens (tertiary/aromatic N) is 1. The lowest BCUT2D eigenvalue weighted by molar-refractivity contribution is 1.23. The molecular weight excluding hydrogens is 306 g/mol. The Morgan fingerprint density at radius 2 is 1.43 bits per heavy atom. The molecule has 4 heteroatoms. The average Bonchev–Trinajstić information content (AvgIpc) is 2.60. The molecule has 3 rings (SSSR count). The zero-order valence-electron chi connectivity index (χ0n) is 12.4. The van der Waals surface area contributed by atoms with Crippen LogP contribution in [0.4, 0.5) is 0 Å². The van der Waals surface area contributed by atoms with Crippen molar-refractivity contribution < 1.29 is 0 Å². The van der Waals surface area contributed by atoms with Crippen LogP contribution in [0.1, 0.15) is 16.7 Å². The fraction of sp³-hybridized carbons (Fsp3) is 0. The molecular formula is C19H16ClN3. The Hall–Kier alpha value is -2.78. The first-order valence-electron chi connectivity index (χ1n) is 7.17. The van der Waals surface area contributed by atoms with E-state index in [1.54, 1.807) is 0 Å². The number of benzene rings is 3. The zero-order valence-corrected chi connectivity index (χ0v) is 13.2. The molecule has 0 fully saturated rings.